The molecular formula is C17H25ClO. The summed E-state index contributed by atoms with van der Waals surface area (Å²) in [6, 6.07) is 7.72. The van der Waals surface area contributed by atoms with Crippen molar-refractivity contribution in [2.75, 3.05) is 0 Å². The van der Waals surface area contributed by atoms with Gasteiger partial charge in [-0.2, -0.15) is 0 Å². The molecule has 0 heterocycles. The molecule has 2 unspecified atom stereocenters. The van der Waals surface area contributed by atoms with Gasteiger partial charge in [-0.05, 0) is 61.1 Å². The number of halogens is 1. The van der Waals surface area contributed by atoms with E-state index in [-0.39, 0.29) is 0 Å². The van der Waals surface area contributed by atoms with E-state index in [1.807, 2.05) is 24.3 Å². The van der Waals surface area contributed by atoms with Gasteiger partial charge in [-0.25, -0.2) is 0 Å². The summed E-state index contributed by atoms with van der Waals surface area (Å²) >= 11 is 6.06. The number of hydrogen-bond donors (Lipinski definition) is 1. The highest BCUT2D eigenvalue weighted by Crippen LogP contribution is 2.43. The first-order valence-electron chi connectivity index (χ1n) is 7.30. The molecule has 2 atom stereocenters. The van der Waals surface area contributed by atoms with Crippen molar-refractivity contribution in [3.05, 3.63) is 34.9 Å². The fourth-order valence-corrected chi connectivity index (χ4v) is 3.45. The lowest BCUT2D eigenvalue weighted by Gasteiger charge is -2.31. The maximum atomic E-state index is 11.0. The van der Waals surface area contributed by atoms with Gasteiger partial charge in [0.2, 0.25) is 0 Å². The van der Waals surface area contributed by atoms with E-state index >= 15 is 0 Å². The van der Waals surface area contributed by atoms with Gasteiger partial charge in [0.1, 0.15) is 0 Å². The van der Waals surface area contributed by atoms with Crippen LogP contribution >= 0.6 is 11.6 Å². The Bertz CT molecular complexity index is 435. The van der Waals surface area contributed by atoms with Crippen LogP contribution in [0.1, 0.15) is 58.4 Å². The maximum absolute atomic E-state index is 11.0. The highest BCUT2D eigenvalue weighted by molar-refractivity contribution is 6.30. The number of aliphatic hydroxyl groups is 1. The molecule has 1 aromatic carbocycles. The Morgan fingerprint density at radius 1 is 1.21 bits per heavy atom. The second-order valence-electron chi connectivity index (χ2n) is 7.04. The second kappa shape index (κ2) is 5.46. The molecule has 0 saturated heterocycles. The Morgan fingerprint density at radius 3 is 2.58 bits per heavy atom. The van der Waals surface area contributed by atoms with Crippen LogP contribution in [-0.2, 0) is 5.60 Å². The molecule has 0 amide bonds. The quantitative estimate of drug-likeness (QED) is 0.705. The van der Waals surface area contributed by atoms with E-state index in [1.165, 1.54) is 6.42 Å². The highest BCUT2D eigenvalue weighted by Gasteiger charge is 2.35. The van der Waals surface area contributed by atoms with Crippen molar-refractivity contribution in [1.29, 1.82) is 0 Å². The van der Waals surface area contributed by atoms with E-state index in [9.17, 15) is 5.11 Å². The predicted molar refractivity (Wildman–Crippen MR) is 81.4 cm³/mol. The van der Waals surface area contributed by atoms with E-state index < -0.39 is 5.60 Å². The van der Waals surface area contributed by atoms with Crippen molar-refractivity contribution in [3.63, 3.8) is 0 Å². The molecule has 0 spiro atoms. The van der Waals surface area contributed by atoms with Gasteiger partial charge in [0.15, 0.2) is 0 Å². The SMILES string of the molecule is CC(C)(C)C1CCCC(O)(c2cccc(Cl)c2)CC1. The zero-order chi connectivity index (χ0) is 14.1. The molecule has 0 radical (unpaired) electrons. The zero-order valence-electron chi connectivity index (χ0n) is 12.2. The molecular weight excluding hydrogens is 256 g/mol. The fraction of sp³-hybridized carbons (Fsp3) is 0.647. The Hall–Kier alpha value is -0.530. The Labute approximate surface area is 122 Å². The van der Waals surface area contributed by atoms with Crippen LogP contribution in [0, 0.1) is 11.3 Å². The third-order valence-corrected chi connectivity index (χ3v) is 4.87. The summed E-state index contributed by atoms with van der Waals surface area (Å²) in [4.78, 5) is 0. The third kappa shape index (κ3) is 3.52. The minimum absolute atomic E-state index is 0.333. The molecule has 19 heavy (non-hydrogen) atoms. The van der Waals surface area contributed by atoms with E-state index in [2.05, 4.69) is 20.8 Å². The summed E-state index contributed by atoms with van der Waals surface area (Å²) in [6.07, 6.45) is 5.08. The van der Waals surface area contributed by atoms with Crippen molar-refractivity contribution in [3.8, 4) is 0 Å². The van der Waals surface area contributed by atoms with Gasteiger partial charge in [-0.15, -0.1) is 0 Å². The lowest BCUT2D eigenvalue weighted by Crippen LogP contribution is -2.25. The lowest BCUT2D eigenvalue weighted by molar-refractivity contribution is 0.0180. The van der Waals surface area contributed by atoms with Gasteiger partial charge in [-0.3, -0.25) is 0 Å². The molecule has 1 nitrogen and oxygen atoms in total. The van der Waals surface area contributed by atoms with Crippen LogP contribution in [-0.4, -0.2) is 5.11 Å². The number of rotatable bonds is 1. The smallest absolute Gasteiger partial charge is 0.0897 e. The molecule has 0 aromatic heterocycles. The van der Waals surface area contributed by atoms with E-state index in [4.69, 9.17) is 11.6 Å². The Balaban J connectivity index is 2.18. The molecule has 1 fully saturated rings. The van der Waals surface area contributed by atoms with Gasteiger partial charge in [0.25, 0.3) is 0 Å². The number of hydrogen-bond acceptors (Lipinski definition) is 1. The van der Waals surface area contributed by atoms with Crippen LogP contribution in [0.15, 0.2) is 24.3 Å². The minimum Gasteiger partial charge on any atom is -0.385 e. The van der Waals surface area contributed by atoms with Gasteiger partial charge in [-0.1, -0.05) is 44.5 Å². The maximum Gasteiger partial charge on any atom is 0.0897 e. The molecule has 1 N–H and O–H groups in total. The molecule has 2 heteroatoms. The molecule has 106 valence electrons. The van der Waals surface area contributed by atoms with Crippen LogP contribution in [0.5, 0.6) is 0 Å². The van der Waals surface area contributed by atoms with Crippen LogP contribution in [0.25, 0.3) is 0 Å². The molecule has 0 bridgehead atoms. The monoisotopic (exact) mass is 280 g/mol. The van der Waals surface area contributed by atoms with Gasteiger partial charge in [0.05, 0.1) is 5.60 Å². The Kier molecular flexibility index (Phi) is 4.27. The molecule has 0 aliphatic heterocycles. The molecule has 2 rings (SSSR count). The normalized spacial score (nSPS) is 29.0. The predicted octanol–water partition coefficient (Wildman–Crippen LogP) is 5.15. The van der Waals surface area contributed by atoms with Crippen LogP contribution in [0.4, 0.5) is 0 Å². The summed E-state index contributed by atoms with van der Waals surface area (Å²) in [7, 11) is 0. The van der Waals surface area contributed by atoms with Crippen LogP contribution < -0.4 is 0 Å². The summed E-state index contributed by atoms with van der Waals surface area (Å²) in [6.45, 7) is 6.92. The third-order valence-electron chi connectivity index (χ3n) is 4.64. The average Bonchev–Trinajstić information content (AvgIpc) is 2.52. The summed E-state index contributed by atoms with van der Waals surface area (Å²) in [5.74, 6) is 0.695. The Morgan fingerprint density at radius 2 is 1.95 bits per heavy atom. The highest BCUT2D eigenvalue weighted by atomic mass is 35.5. The zero-order valence-corrected chi connectivity index (χ0v) is 13.0. The number of benzene rings is 1. The molecule has 1 aromatic rings. The van der Waals surface area contributed by atoms with Crippen molar-refractivity contribution in [2.24, 2.45) is 11.3 Å². The van der Waals surface area contributed by atoms with Crippen molar-refractivity contribution in [2.45, 2.75) is 58.5 Å². The van der Waals surface area contributed by atoms with E-state index in [0.717, 1.165) is 31.2 Å². The second-order valence-corrected chi connectivity index (χ2v) is 7.47. The van der Waals surface area contributed by atoms with Crippen molar-refractivity contribution >= 4 is 11.6 Å². The lowest BCUT2D eigenvalue weighted by atomic mass is 9.76. The van der Waals surface area contributed by atoms with Gasteiger partial charge < -0.3 is 5.11 Å². The molecule has 1 aliphatic carbocycles. The van der Waals surface area contributed by atoms with Crippen molar-refractivity contribution in [1.82, 2.24) is 0 Å². The summed E-state index contributed by atoms with van der Waals surface area (Å²) in [5, 5.41) is 11.7. The van der Waals surface area contributed by atoms with Gasteiger partial charge in [0, 0.05) is 5.02 Å². The largest absolute Gasteiger partial charge is 0.385 e. The topological polar surface area (TPSA) is 20.2 Å². The standard InChI is InChI=1S/C17H25ClO/c1-16(2,3)13-7-5-10-17(19,11-9-13)14-6-4-8-15(18)12-14/h4,6,8,12-13,19H,5,7,9-11H2,1-3H3. The first kappa shape index (κ1) is 14.9. The average molecular weight is 281 g/mol. The summed E-state index contributed by atoms with van der Waals surface area (Å²) < 4.78 is 0. The van der Waals surface area contributed by atoms with Crippen LogP contribution in [0.2, 0.25) is 5.02 Å². The fourth-order valence-electron chi connectivity index (χ4n) is 3.26. The summed E-state index contributed by atoms with van der Waals surface area (Å²) in [5.41, 5.74) is 0.624. The van der Waals surface area contributed by atoms with Crippen molar-refractivity contribution < 1.29 is 5.11 Å². The van der Waals surface area contributed by atoms with E-state index in [1.54, 1.807) is 0 Å². The first-order valence-corrected chi connectivity index (χ1v) is 7.67. The molecule has 1 aliphatic rings. The van der Waals surface area contributed by atoms with E-state index in [0.29, 0.717) is 16.4 Å². The molecule has 1 saturated carbocycles. The van der Waals surface area contributed by atoms with Crippen LogP contribution in [0.3, 0.4) is 0 Å². The minimum atomic E-state index is -0.690. The first-order chi connectivity index (χ1) is 8.81. The van der Waals surface area contributed by atoms with Gasteiger partial charge >= 0.3 is 0 Å².